The van der Waals surface area contributed by atoms with Crippen molar-refractivity contribution in [2.24, 2.45) is 0 Å². The van der Waals surface area contributed by atoms with Gasteiger partial charge in [-0.2, -0.15) is 0 Å². The van der Waals surface area contributed by atoms with Gasteiger partial charge in [0.1, 0.15) is 12.8 Å². The van der Waals surface area contributed by atoms with E-state index < -0.39 is 0 Å². The molecule has 0 radical (unpaired) electrons. The van der Waals surface area contributed by atoms with Gasteiger partial charge in [-0.15, -0.1) is 0 Å². The third kappa shape index (κ3) is 2.58. The maximum atomic E-state index is 12.4. The molecular weight excluding hydrogens is 250 g/mol. The van der Waals surface area contributed by atoms with Crippen molar-refractivity contribution in [3.8, 4) is 0 Å². The van der Waals surface area contributed by atoms with Crippen molar-refractivity contribution in [1.29, 1.82) is 0 Å². The molecule has 20 heavy (non-hydrogen) atoms. The summed E-state index contributed by atoms with van der Waals surface area (Å²) in [5, 5.41) is 0. The standard InChI is InChI=1S/C17H17NO2/c1-13-6-5-9-15(10-13)17(19)18-11-16(20-12-18)14-7-3-2-4-8-14/h2-10,16H,11-12H2,1H3. The molecule has 1 unspecified atom stereocenters. The van der Waals surface area contributed by atoms with Gasteiger partial charge < -0.3 is 9.64 Å². The molecule has 1 fully saturated rings. The van der Waals surface area contributed by atoms with E-state index in [1.54, 1.807) is 4.90 Å². The summed E-state index contributed by atoms with van der Waals surface area (Å²) in [5.74, 6) is 0.0344. The van der Waals surface area contributed by atoms with E-state index in [-0.39, 0.29) is 12.0 Å². The molecule has 3 heteroatoms. The first-order valence-electron chi connectivity index (χ1n) is 6.76. The molecule has 1 heterocycles. The van der Waals surface area contributed by atoms with Crippen LogP contribution in [0.15, 0.2) is 54.6 Å². The van der Waals surface area contributed by atoms with Gasteiger partial charge in [0, 0.05) is 5.56 Å². The quantitative estimate of drug-likeness (QED) is 0.836. The minimum Gasteiger partial charge on any atom is -0.351 e. The van der Waals surface area contributed by atoms with Crippen molar-refractivity contribution < 1.29 is 9.53 Å². The van der Waals surface area contributed by atoms with Crippen LogP contribution in [-0.4, -0.2) is 24.1 Å². The fraction of sp³-hybridized carbons (Fsp3) is 0.235. The van der Waals surface area contributed by atoms with Crippen molar-refractivity contribution in [2.45, 2.75) is 13.0 Å². The molecule has 1 aliphatic heterocycles. The van der Waals surface area contributed by atoms with Crippen molar-refractivity contribution in [1.82, 2.24) is 4.90 Å². The van der Waals surface area contributed by atoms with E-state index in [1.165, 1.54) is 0 Å². The largest absolute Gasteiger partial charge is 0.351 e. The summed E-state index contributed by atoms with van der Waals surface area (Å²) in [7, 11) is 0. The Morgan fingerprint density at radius 3 is 2.70 bits per heavy atom. The molecule has 0 aliphatic carbocycles. The molecule has 0 spiro atoms. The summed E-state index contributed by atoms with van der Waals surface area (Å²) in [4.78, 5) is 14.2. The molecule has 1 aliphatic rings. The second-order valence-corrected chi connectivity index (χ2v) is 5.09. The lowest BCUT2D eigenvalue weighted by Crippen LogP contribution is -2.28. The van der Waals surface area contributed by atoms with Gasteiger partial charge in [0.2, 0.25) is 0 Å². The molecule has 1 saturated heterocycles. The van der Waals surface area contributed by atoms with E-state index in [2.05, 4.69) is 0 Å². The summed E-state index contributed by atoms with van der Waals surface area (Å²) in [6.45, 7) is 2.95. The van der Waals surface area contributed by atoms with Gasteiger partial charge in [0.15, 0.2) is 0 Å². The van der Waals surface area contributed by atoms with Gasteiger partial charge in [-0.3, -0.25) is 4.79 Å². The van der Waals surface area contributed by atoms with Crippen molar-refractivity contribution in [2.75, 3.05) is 13.3 Å². The molecule has 2 aromatic carbocycles. The Hall–Kier alpha value is -2.13. The van der Waals surface area contributed by atoms with Gasteiger partial charge >= 0.3 is 0 Å². The normalized spacial score (nSPS) is 18.2. The van der Waals surface area contributed by atoms with Crippen LogP contribution in [0.25, 0.3) is 0 Å². The molecule has 2 aromatic rings. The predicted octanol–water partition coefficient (Wildman–Crippen LogP) is 3.17. The van der Waals surface area contributed by atoms with E-state index in [0.717, 1.165) is 16.7 Å². The summed E-state index contributed by atoms with van der Waals surface area (Å²) >= 11 is 0. The zero-order valence-corrected chi connectivity index (χ0v) is 11.5. The van der Waals surface area contributed by atoms with Gasteiger partial charge in [-0.1, -0.05) is 48.0 Å². The van der Waals surface area contributed by atoms with E-state index in [9.17, 15) is 4.79 Å². The Morgan fingerprint density at radius 1 is 1.15 bits per heavy atom. The predicted molar refractivity (Wildman–Crippen MR) is 77.4 cm³/mol. The van der Waals surface area contributed by atoms with Crippen LogP contribution in [0, 0.1) is 6.92 Å². The molecule has 1 atom stereocenters. The van der Waals surface area contributed by atoms with Crippen LogP contribution in [0.1, 0.15) is 27.6 Å². The summed E-state index contributed by atoms with van der Waals surface area (Å²) in [6, 6.07) is 17.7. The van der Waals surface area contributed by atoms with Crippen LogP contribution in [-0.2, 0) is 4.74 Å². The molecule has 0 N–H and O–H groups in total. The van der Waals surface area contributed by atoms with Crippen LogP contribution in [0.3, 0.4) is 0 Å². The van der Waals surface area contributed by atoms with Crippen LogP contribution < -0.4 is 0 Å². The van der Waals surface area contributed by atoms with Crippen molar-refractivity contribution in [3.63, 3.8) is 0 Å². The highest BCUT2D eigenvalue weighted by Crippen LogP contribution is 2.25. The van der Waals surface area contributed by atoms with Crippen LogP contribution in [0.2, 0.25) is 0 Å². The Bertz CT molecular complexity index is 609. The molecule has 0 saturated carbocycles. The number of hydrogen-bond acceptors (Lipinski definition) is 2. The highest BCUT2D eigenvalue weighted by molar-refractivity contribution is 5.94. The summed E-state index contributed by atoms with van der Waals surface area (Å²) < 4.78 is 5.73. The molecule has 102 valence electrons. The second-order valence-electron chi connectivity index (χ2n) is 5.09. The van der Waals surface area contributed by atoms with Crippen LogP contribution >= 0.6 is 0 Å². The molecule has 0 bridgehead atoms. The molecule has 3 nitrogen and oxygen atoms in total. The molecule has 0 aromatic heterocycles. The van der Waals surface area contributed by atoms with Gasteiger partial charge in [0.05, 0.1) is 6.54 Å². The molecule has 1 amide bonds. The fourth-order valence-corrected chi connectivity index (χ4v) is 2.46. The number of benzene rings is 2. The number of rotatable bonds is 2. The maximum Gasteiger partial charge on any atom is 0.255 e. The number of aryl methyl sites for hydroxylation is 1. The first-order valence-corrected chi connectivity index (χ1v) is 6.76. The number of carbonyl (C=O) groups is 1. The second kappa shape index (κ2) is 5.47. The molecule has 3 rings (SSSR count). The third-order valence-electron chi connectivity index (χ3n) is 3.54. The first-order chi connectivity index (χ1) is 9.74. The van der Waals surface area contributed by atoms with E-state index >= 15 is 0 Å². The van der Waals surface area contributed by atoms with Crippen molar-refractivity contribution in [3.05, 3.63) is 71.3 Å². The Kier molecular flexibility index (Phi) is 3.52. The Labute approximate surface area is 118 Å². The number of ether oxygens (including phenoxy) is 1. The Balaban J connectivity index is 1.73. The average Bonchev–Trinajstić information content (AvgIpc) is 2.97. The molecular formula is C17H17NO2. The number of carbonyl (C=O) groups excluding carboxylic acids is 1. The SMILES string of the molecule is Cc1cccc(C(=O)N2COC(c3ccccc3)C2)c1. The lowest BCUT2D eigenvalue weighted by molar-refractivity contribution is 0.0630. The zero-order chi connectivity index (χ0) is 13.9. The fourth-order valence-electron chi connectivity index (χ4n) is 2.46. The van der Waals surface area contributed by atoms with Crippen LogP contribution in [0.4, 0.5) is 0 Å². The Morgan fingerprint density at radius 2 is 1.95 bits per heavy atom. The smallest absolute Gasteiger partial charge is 0.255 e. The topological polar surface area (TPSA) is 29.5 Å². The minimum atomic E-state index is -0.0232. The van der Waals surface area contributed by atoms with Crippen molar-refractivity contribution >= 4 is 5.91 Å². The van der Waals surface area contributed by atoms with E-state index in [4.69, 9.17) is 4.74 Å². The zero-order valence-electron chi connectivity index (χ0n) is 11.5. The van der Waals surface area contributed by atoms with E-state index in [0.29, 0.717) is 13.3 Å². The lowest BCUT2D eigenvalue weighted by Gasteiger charge is -2.14. The summed E-state index contributed by atoms with van der Waals surface area (Å²) in [5.41, 5.74) is 2.94. The van der Waals surface area contributed by atoms with Crippen LogP contribution in [0.5, 0.6) is 0 Å². The van der Waals surface area contributed by atoms with Gasteiger partial charge in [0.25, 0.3) is 5.91 Å². The maximum absolute atomic E-state index is 12.4. The van der Waals surface area contributed by atoms with Gasteiger partial charge in [-0.25, -0.2) is 0 Å². The third-order valence-corrected chi connectivity index (χ3v) is 3.54. The highest BCUT2D eigenvalue weighted by atomic mass is 16.5. The number of hydrogen-bond donors (Lipinski definition) is 0. The number of nitrogens with zero attached hydrogens (tertiary/aromatic N) is 1. The van der Waals surface area contributed by atoms with Gasteiger partial charge in [-0.05, 0) is 24.6 Å². The average molecular weight is 267 g/mol. The number of amides is 1. The minimum absolute atomic E-state index is 0.0232. The lowest BCUT2D eigenvalue weighted by atomic mass is 10.1. The first kappa shape index (κ1) is 12.9. The summed E-state index contributed by atoms with van der Waals surface area (Å²) in [6.07, 6.45) is -0.0232. The highest BCUT2D eigenvalue weighted by Gasteiger charge is 2.28. The van der Waals surface area contributed by atoms with E-state index in [1.807, 2.05) is 61.5 Å². The monoisotopic (exact) mass is 267 g/mol.